The number of carbonyl (C=O) groups excluding carboxylic acids is 2. The predicted octanol–water partition coefficient (Wildman–Crippen LogP) is 2.10. The van der Waals surface area contributed by atoms with Crippen LogP contribution in [-0.4, -0.2) is 40.1 Å². The van der Waals surface area contributed by atoms with Crippen LogP contribution >= 0.6 is 0 Å². The highest BCUT2D eigenvalue weighted by Crippen LogP contribution is 2.31. The number of fused-ring (bicyclic) bond motifs is 1. The fourth-order valence-corrected chi connectivity index (χ4v) is 2.92. The topological polar surface area (TPSA) is 87.3 Å². The molecule has 0 atom stereocenters. The average molecular weight is 340 g/mol. The van der Waals surface area contributed by atoms with Gasteiger partial charge in [-0.1, -0.05) is 0 Å². The molecule has 0 unspecified atom stereocenters. The Morgan fingerprint density at radius 2 is 2.16 bits per heavy atom. The molecule has 2 aliphatic rings. The van der Waals surface area contributed by atoms with Gasteiger partial charge in [-0.25, -0.2) is 0 Å². The number of benzene rings is 1. The molecule has 0 bridgehead atoms. The molecule has 1 fully saturated rings. The van der Waals surface area contributed by atoms with E-state index in [1.807, 2.05) is 25.1 Å². The van der Waals surface area contributed by atoms with Gasteiger partial charge in [0.15, 0.2) is 0 Å². The number of aryl methyl sites for hydroxylation is 1. The standard InChI is InChI=1S/C18H20N4O3/c1-11-8-15(21-20-11)18(24)22-6-7-25-16-5-4-14(9-13(16)10-22)19-17(23)12-2-3-12/h4-5,8-9,12H,2-3,6-7,10H2,1H3,(H,19,23)(H,20,21). The molecule has 0 saturated heterocycles. The fraction of sp³-hybridized carbons (Fsp3) is 0.389. The Labute approximate surface area is 145 Å². The first-order valence-corrected chi connectivity index (χ1v) is 8.48. The van der Waals surface area contributed by atoms with Crippen LogP contribution in [0.4, 0.5) is 5.69 Å². The molecular weight excluding hydrogens is 320 g/mol. The summed E-state index contributed by atoms with van der Waals surface area (Å²) in [6.45, 7) is 3.20. The van der Waals surface area contributed by atoms with E-state index in [9.17, 15) is 9.59 Å². The van der Waals surface area contributed by atoms with Crippen LogP contribution in [0.1, 0.15) is 34.6 Å². The van der Waals surface area contributed by atoms with Crippen molar-refractivity contribution in [3.8, 4) is 5.75 Å². The van der Waals surface area contributed by atoms with Crippen molar-refractivity contribution in [1.29, 1.82) is 0 Å². The van der Waals surface area contributed by atoms with Gasteiger partial charge in [0.2, 0.25) is 5.91 Å². The van der Waals surface area contributed by atoms with Gasteiger partial charge >= 0.3 is 0 Å². The lowest BCUT2D eigenvalue weighted by atomic mass is 10.1. The lowest BCUT2D eigenvalue weighted by molar-refractivity contribution is -0.117. The van der Waals surface area contributed by atoms with Crippen molar-refractivity contribution in [2.75, 3.05) is 18.5 Å². The monoisotopic (exact) mass is 340 g/mol. The zero-order valence-electron chi connectivity index (χ0n) is 14.0. The molecule has 7 nitrogen and oxygen atoms in total. The fourth-order valence-electron chi connectivity index (χ4n) is 2.92. The van der Waals surface area contributed by atoms with Gasteiger partial charge < -0.3 is 15.0 Å². The van der Waals surface area contributed by atoms with Gasteiger partial charge in [-0.15, -0.1) is 0 Å². The molecule has 25 heavy (non-hydrogen) atoms. The first kappa shape index (κ1) is 15.7. The normalized spacial score (nSPS) is 16.6. The van der Waals surface area contributed by atoms with Crippen molar-refractivity contribution < 1.29 is 14.3 Å². The summed E-state index contributed by atoms with van der Waals surface area (Å²) in [7, 11) is 0. The predicted molar refractivity (Wildman–Crippen MR) is 91.4 cm³/mol. The first-order chi connectivity index (χ1) is 12.1. The summed E-state index contributed by atoms with van der Waals surface area (Å²) in [5.74, 6) is 0.830. The van der Waals surface area contributed by atoms with E-state index in [4.69, 9.17) is 4.74 Å². The molecule has 1 aromatic carbocycles. The summed E-state index contributed by atoms with van der Waals surface area (Å²) in [5.41, 5.74) is 2.87. The summed E-state index contributed by atoms with van der Waals surface area (Å²) < 4.78 is 5.75. The van der Waals surface area contributed by atoms with E-state index < -0.39 is 0 Å². The summed E-state index contributed by atoms with van der Waals surface area (Å²) in [4.78, 5) is 26.3. The Hall–Kier alpha value is -2.83. The summed E-state index contributed by atoms with van der Waals surface area (Å²) in [5, 5.41) is 9.78. The van der Waals surface area contributed by atoms with Gasteiger partial charge in [0, 0.05) is 29.4 Å². The van der Waals surface area contributed by atoms with Crippen LogP contribution in [0.15, 0.2) is 24.3 Å². The molecule has 130 valence electrons. The van der Waals surface area contributed by atoms with Crippen molar-refractivity contribution >= 4 is 17.5 Å². The molecule has 1 aliphatic carbocycles. The minimum Gasteiger partial charge on any atom is -0.491 e. The maximum Gasteiger partial charge on any atom is 0.274 e. The van der Waals surface area contributed by atoms with Gasteiger partial charge in [-0.2, -0.15) is 5.10 Å². The highest BCUT2D eigenvalue weighted by Gasteiger charge is 2.30. The number of amides is 2. The SMILES string of the molecule is Cc1cc(C(=O)N2CCOc3ccc(NC(=O)C4CC4)cc3C2)n[nH]1. The Morgan fingerprint density at radius 3 is 2.88 bits per heavy atom. The highest BCUT2D eigenvalue weighted by molar-refractivity contribution is 5.94. The number of nitrogens with one attached hydrogen (secondary N) is 2. The van der Waals surface area contributed by atoms with E-state index in [0.29, 0.717) is 25.4 Å². The number of nitrogens with zero attached hydrogens (tertiary/aromatic N) is 2. The van der Waals surface area contributed by atoms with Gasteiger partial charge in [0.1, 0.15) is 18.1 Å². The second-order valence-electron chi connectivity index (χ2n) is 6.60. The smallest absolute Gasteiger partial charge is 0.274 e. The van der Waals surface area contributed by atoms with E-state index in [1.54, 1.807) is 11.0 Å². The molecule has 1 aliphatic heterocycles. The van der Waals surface area contributed by atoms with E-state index in [0.717, 1.165) is 35.5 Å². The molecule has 4 rings (SSSR count). The largest absolute Gasteiger partial charge is 0.491 e. The number of aromatic nitrogens is 2. The molecule has 1 saturated carbocycles. The number of rotatable bonds is 3. The quantitative estimate of drug-likeness (QED) is 0.896. The van der Waals surface area contributed by atoms with Crippen LogP contribution in [0.25, 0.3) is 0 Å². The Kier molecular flexibility index (Phi) is 3.91. The lowest BCUT2D eigenvalue weighted by Crippen LogP contribution is -2.32. The molecule has 1 aromatic heterocycles. The third kappa shape index (κ3) is 3.35. The molecule has 2 amide bonds. The number of hydrogen-bond donors (Lipinski definition) is 2. The first-order valence-electron chi connectivity index (χ1n) is 8.48. The Morgan fingerprint density at radius 1 is 1.32 bits per heavy atom. The molecule has 7 heteroatoms. The van der Waals surface area contributed by atoms with E-state index in [-0.39, 0.29) is 17.7 Å². The van der Waals surface area contributed by atoms with Crippen LogP contribution in [-0.2, 0) is 11.3 Å². The van der Waals surface area contributed by atoms with E-state index in [1.165, 1.54) is 0 Å². The molecule has 2 aromatic rings. The zero-order chi connectivity index (χ0) is 17.4. The van der Waals surface area contributed by atoms with Gasteiger partial charge in [0.05, 0.1) is 6.54 Å². The maximum absolute atomic E-state index is 12.7. The lowest BCUT2D eigenvalue weighted by Gasteiger charge is -2.18. The van der Waals surface area contributed by atoms with Crippen LogP contribution in [0, 0.1) is 12.8 Å². The Balaban J connectivity index is 1.53. The van der Waals surface area contributed by atoms with Crippen LogP contribution < -0.4 is 10.1 Å². The maximum atomic E-state index is 12.7. The van der Waals surface area contributed by atoms with E-state index in [2.05, 4.69) is 15.5 Å². The minimum absolute atomic E-state index is 0.0643. The minimum atomic E-state index is -0.131. The van der Waals surface area contributed by atoms with Gasteiger partial charge in [0.25, 0.3) is 5.91 Å². The number of anilines is 1. The molecular formula is C18H20N4O3. The van der Waals surface area contributed by atoms with Crippen LogP contribution in [0.2, 0.25) is 0 Å². The number of aromatic amines is 1. The number of H-pyrrole nitrogens is 1. The Bertz CT molecular complexity index is 825. The number of carbonyl (C=O) groups is 2. The van der Waals surface area contributed by atoms with Gasteiger partial charge in [-0.05, 0) is 44.0 Å². The summed E-state index contributed by atoms with van der Waals surface area (Å²) in [6, 6.07) is 7.32. The van der Waals surface area contributed by atoms with Crippen molar-refractivity contribution in [2.45, 2.75) is 26.3 Å². The average Bonchev–Trinajstić information content (AvgIpc) is 3.39. The molecule has 2 heterocycles. The second-order valence-corrected chi connectivity index (χ2v) is 6.60. The molecule has 0 radical (unpaired) electrons. The van der Waals surface area contributed by atoms with Crippen molar-refractivity contribution in [3.63, 3.8) is 0 Å². The van der Waals surface area contributed by atoms with Crippen LogP contribution in [0.3, 0.4) is 0 Å². The van der Waals surface area contributed by atoms with Crippen molar-refractivity contribution in [3.05, 3.63) is 41.2 Å². The van der Waals surface area contributed by atoms with Crippen molar-refractivity contribution in [1.82, 2.24) is 15.1 Å². The molecule has 0 spiro atoms. The highest BCUT2D eigenvalue weighted by atomic mass is 16.5. The van der Waals surface area contributed by atoms with Crippen molar-refractivity contribution in [2.24, 2.45) is 5.92 Å². The number of ether oxygens (including phenoxy) is 1. The number of hydrogen-bond acceptors (Lipinski definition) is 4. The molecule has 2 N–H and O–H groups in total. The third-order valence-corrected chi connectivity index (χ3v) is 4.47. The van der Waals surface area contributed by atoms with E-state index >= 15 is 0 Å². The second kappa shape index (κ2) is 6.23. The summed E-state index contributed by atoms with van der Waals surface area (Å²) >= 11 is 0. The third-order valence-electron chi connectivity index (χ3n) is 4.47. The summed E-state index contributed by atoms with van der Waals surface area (Å²) in [6.07, 6.45) is 1.93. The zero-order valence-corrected chi connectivity index (χ0v) is 14.0. The van der Waals surface area contributed by atoms with Gasteiger partial charge in [-0.3, -0.25) is 14.7 Å². The van der Waals surface area contributed by atoms with Crippen LogP contribution in [0.5, 0.6) is 5.75 Å².